The molecule has 2 aliphatic heterocycles. The van der Waals surface area contributed by atoms with Gasteiger partial charge in [-0.1, -0.05) is 91.0 Å². The second-order valence-corrected chi connectivity index (χ2v) is 16.0. The van der Waals surface area contributed by atoms with Gasteiger partial charge in [0, 0.05) is 49.3 Å². The number of hydrogen-bond acceptors (Lipinski definition) is 8. The van der Waals surface area contributed by atoms with Crippen molar-refractivity contribution >= 4 is 46.3 Å². The zero-order valence-electron chi connectivity index (χ0n) is 34.3. The number of carbonyl (C=O) groups is 6. The second kappa shape index (κ2) is 19.6. The van der Waals surface area contributed by atoms with Crippen LogP contribution in [0.5, 0.6) is 5.75 Å². The zero-order chi connectivity index (χ0) is 43.8. The van der Waals surface area contributed by atoms with Crippen molar-refractivity contribution in [1.82, 2.24) is 36.5 Å². The van der Waals surface area contributed by atoms with Gasteiger partial charge < -0.3 is 46.7 Å². The number of carbonyl (C=O) groups excluding carboxylic acids is 6. The fraction of sp³-hybridized carbons (Fsp3) is 0.319. The van der Waals surface area contributed by atoms with E-state index in [0.29, 0.717) is 29.5 Å². The molecule has 62 heavy (non-hydrogen) atoms. The second-order valence-electron chi connectivity index (χ2n) is 16.0. The first-order valence-corrected chi connectivity index (χ1v) is 20.8. The summed E-state index contributed by atoms with van der Waals surface area (Å²) in [5, 5.41) is 35.7. The molecule has 2 saturated heterocycles. The molecule has 1 unspecified atom stereocenters. The number of aromatic hydroxyl groups is 1. The number of aromatic nitrogens is 1. The SMILES string of the molecule is C[C@@H](O)[C@@H]1NC(=O)[C@H](Cc2ccc(O)cc2)NC(=O)C(Cc2c[nH]c3ccccc23)NC(=O)[C@H](Cc2ccccc2)NC(=O)[C@@H]2CCCN2C(=O)[C@H](Cc2ccccc2)NC1=O. The average molecular weight is 842 g/mol. The number of amides is 6. The highest BCUT2D eigenvalue weighted by Gasteiger charge is 2.41. The Morgan fingerprint density at radius 1 is 0.581 bits per heavy atom. The molecular weight excluding hydrogens is 791 g/mol. The molecule has 7 atom stereocenters. The first-order chi connectivity index (χ1) is 29.9. The molecule has 4 aromatic carbocycles. The van der Waals surface area contributed by atoms with Crippen LogP contribution in [0, 0.1) is 0 Å². The molecule has 0 bridgehead atoms. The summed E-state index contributed by atoms with van der Waals surface area (Å²) in [4.78, 5) is 91.1. The van der Waals surface area contributed by atoms with Gasteiger partial charge in [0.25, 0.3) is 0 Å². The standard InChI is InChI=1S/C47H51N7O8/c1-28(55)41-46(61)52-39(25-30-13-6-3-7-14-30)47(62)54-22-10-17-40(54)45(60)51-36(23-29-11-4-2-5-12-29)42(57)50-38(26-32-27-48-35-16-9-8-15-34(32)35)43(58)49-37(44(59)53-41)24-31-18-20-33(56)21-19-31/h2-9,11-16,18-21,27-28,36-41,48,55-56H,10,17,22-26H2,1H3,(H,49,58)(H,50,57)(H,51,60)(H,52,61)(H,53,59)/t28-,36+,37+,38?,39+,40+,41+/m1/s1. The predicted molar refractivity (Wildman–Crippen MR) is 230 cm³/mol. The van der Waals surface area contributed by atoms with Crippen LogP contribution in [-0.4, -0.2) is 104 Å². The van der Waals surface area contributed by atoms with Gasteiger partial charge in [-0.3, -0.25) is 28.8 Å². The molecule has 6 amide bonds. The Hall–Kier alpha value is -7.00. The fourth-order valence-electron chi connectivity index (χ4n) is 8.15. The van der Waals surface area contributed by atoms with Gasteiger partial charge in [0.1, 0.15) is 42.0 Å². The van der Waals surface area contributed by atoms with Crippen LogP contribution in [0.15, 0.2) is 115 Å². The van der Waals surface area contributed by atoms with E-state index in [1.165, 1.54) is 24.0 Å². The Morgan fingerprint density at radius 3 is 1.69 bits per heavy atom. The molecule has 0 spiro atoms. The molecule has 1 aromatic heterocycles. The number of H-pyrrole nitrogens is 1. The average Bonchev–Trinajstić information content (AvgIpc) is 3.93. The minimum Gasteiger partial charge on any atom is -0.508 e. The van der Waals surface area contributed by atoms with Crippen LogP contribution in [-0.2, 0) is 54.5 Å². The van der Waals surface area contributed by atoms with Gasteiger partial charge in [0.15, 0.2) is 0 Å². The van der Waals surface area contributed by atoms with Gasteiger partial charge in [-0.2, -0.15) is 0 Å². The molecule has 15 nitrogen and oxygen atoms in total. The highest BCUT2D eigenvalue weighted by atomic mass is 16.3. The lowest BCUT2D eigenvalue weighted by Gasteiger charge is -2.32. The Morgan fingerprint density at radius 2 is 1.08 bits per heavy atom. The van der Waals surface area contributed by atoms with Gasteiger partial charge in [0.05, 0.1) is 6.10 Å². The lowest BCUT2D eigenvalue weighted by Crippen LogP contribution is -2.63. The molecule has 2 aliphatic rings. The van der Waals surface area contributed by atoms with E-state index >= 15 is 0 Å². The molecule has 5 aromatic rings. The largest absolute Gasteiger partial charge is 0.508 e. The van der Waals surface area contributed by atoms with Crippen molar-refractivity contribution in [1.29, 1.82) is 0 Å². The first-order valence-electron chi connectivity index (χ1n) is 20.8. The fourth-order valence-corrected chi connectivity index (χ4v) is 8.15. The highest BCUT2D eigenvalue weighted by Crippen LogP contribution is 2.22. The Balaban J connectivity index is 1.29. The monoisotopic (exact) mass is 841 g/mol. The number of benzene rings is 4. The summed E-state index contributed by atoms with van der Waals surface area (Å²) in [6.07, 6.45) is 1.01. The van der Waals surface area contributed by atoms with Crippen LogP contribution >= 0.6 is 0 Å². The Labute approximate surface area is 358 Å². The summed E-state index contributed by atoms with van der Waals surface area (Å²) < 4.78 is 0. The minimum absolute atomic E-state index is 0.0173. The quantitative estimate of drug-likeness (QED) is 0.109. The van der Waals surface area contributed by atoms with Crippen molar-refractivity contribution in [2.45, 2.75) is 87.8 Å². The number of aliphatic hydroxyl groups is 1. The maximum atomic E-state index is 14.6. The Bertz CT molecular complexity index is 2390. The predicted octanol–water partition coefficient (Wildman–Crippen LogP) is 1.95. The first kappa shape index (κ1) is 43.1. The van der Waals surface area contributed by atoms with Crippen LogP contribution in [0.2, 0.25) is 0 Å². The number of nitrogens with zero attached hydrogens (tertiary/aromatic N) is 1. The maximum absolute atomic E-state index is 14.6. The molecule has 0 aliphatic carbocycles. The topological polar surface area (TPSA) is 222 Å². The zero-order valence-corrected chi connectivity index (χ0v) is 34.3. The molecule has 0 radical (unpaired) electrons. The van der Waals surface area contributed by atoms with Crippen LogP contribution < -0.4 is 26.6 Å². The normalized spacial score (nSPS) is 23.5. The van der Waals surface area contributed by atoms with Crippen LogP contribution in [0.1, 0.15) is 42.0 Å². The van der Waals surface area contributed by atoms with E-state index in [9.17, 15) is 39.0 Å². The summed E-state index contributed by atoms with van der Waals surface area (Å²) in [7, 11) is 0. The number of fused-ring (bicyclic) bond motifs is 2. The van der Waals surface area contributed by atoms with E-state index in [4.69, 9.17) is 0 Å². The van der Waals surface area contributed by atoms with Crippen molar-refractivity contribution < 1.29 is 39.0 Å². The van der Waals surface area contributed by atoms with Crippen molar-refractivity contribution in [3.8, 4) is 5.75 Å². The summed E-state index contributed by atoms with van der Waals surface area (Å²) in [5.74, 6) is -4.22. The van der Waals surface area contributed by atoms with E-state index in [2.05, 4.69) is 31.6 Å². The van der Waals surface area contributed by atoms with Crippen molar-refractivity contribution in [3.63, 3.8) is 0 Å². The molecule has 8 N–H and O–H groups in total. The maximum Gasteiger partial charge on any atom is 0.246 e. The number of phenols is 1. The molecule has 2 fully saturated rings. The number of aliphatic hydroxyl groups excluding tert-OH is 1. The number of phenolic OH excluding ortho intramolecular Hbond substituents is 1. The van der Waals surface area contributed by atoms with Gasteiger partial charge in [-0.15, -0.1) is 0 Å². The summed E-state index contributed by atoms with van der Waals surface area (Å²) in [5.41, 5.74) is 3.49. The number of para-hydroxylation sites is 1. The summed E-state index contributed by atoms with van der Waals surface area (Å²) >= 11 is 0. The van der Waals surface area contributed by atoms with Gasteiger partial charge in [-0.05, 0) is 60.2 Å². The van der Waals surface area contributed by atoms with Crippen molar-refractivity contribution in [2.75, 3.05) is 6.54 Å². The summed E-state index contributed by atoms with van der Waals surface area (Å²) in [6.45, 7) is 1.52. The smallest absolute Gasteiger partial charge is 0.246 e. The lowest BCUT2D eigenvalue weighted by molar-refractivity contribution is -0.143. The molecule has 15 heteroatoms. The van der Waals surface area contributed by atoms with Crippen LogP contribution in [0.3, 0.4) is 0 Å². The molecule has 322 valence electrons. The van der Waals surface area contributed by atoms with Crippen molar-refractivity contribution in [2.24, 2.45) is 0 Å². The van der Waals surface area contributed by atoms with Gasteiger partial charge >= 0.3 is 0 Å². The van der Waals surface area contributed by atoms with Gasteiger partial charge in [-0.25, -0.2) is 0 Å². The molecule has 0 saturated carbocycles. The minimum atomic E-state index is -1.58. The van der Waals surface area contributed by atoms with E-state index in [-0.39, 0.29) is 38.0 Å². The van der Waals surface area contributed by atoms with Crippen molar-refractivity contribution in [3.05, 3.63) is 138 Å². The third-order valence-corrected chi connectivity index (χ3v) is 11.5. The number of nitrogens with one attached hydrogen (secondary N) is 6. The van der Waals surface area contributed by atoms with Crippen LogP contribution in [0.4, 0.5) is 0 Å². The van der Waals surface area contributed by atoms with E-state index in [1.54, 1.807) is 42.6 Å². The third-order valence-electron chi connectivity index (χ3n) is 11.5. The number of rotatable bonds is 9. The van der Waals surface area contributed by atoms with E-state index < -0.39 is 77.8 Å². The van der Waals surface area contributed by atoms with Gasteiger partial charge in [0.2, 0.25) is 35.4 Å². The highest BCUT2D eigenvalue weighted by molar-refractivity contribution is 5.99. The lowest BCUT2D eigenvalue weighted by atomic mass is 9.99. The van der Waals surface area contributed by atoms with Crippen LogP contribution in [0.25, 0.3) is 10.9 Å². The number of aromatic amines is 1. The van der Waals surface area contributed by atoms with E-state index in [0.717, 1.165) is 16.5 Å². The molecular formula is C47H51N7O8. The molecule has 7 rings (SSSR count). The molecule has 3 heterocycles. The Kier molecular flexibility index (Phi) is 13.6. The van der Waals surface area contributed by atoms with E-state index in [1.807, 2.05) is 60.7 Å². The number of hydrogen-bond donors (Lipinski definition) is 8. The third kappa shape index (κ3) is 10.5. The summed E-state index contributed by atoms with van der Waals surface area (Å²) in [6, 6.07) is 23.9.